The van der Waals surface area contributed by atoms with E-state index in [0.717, 1.165) is 0 Å². The van der Waals surface area contributed by atoms with Gasteiger partial charge in [0.2, 0.25) is 0 Å². The molecule has 1 aromatic carbocycles. The molecule has 18 heavy (non-hydrogen) atoms. The summed E-state index contributed by atoms with van der Waals surface area (Å²) in [6, 6.07) is 6.56. The first kappa shape index (κ1) is 13.4. The second-order valence-corrected chi connectivity index (χ2v) is 5.52. The van der Waals surface area contributed by atoms with Crippen LogP contribution in [-0.4, -0.2) is 0 Å². The molecule has 1 aromatic rings. The van der Waals surface area contributed by atoms with Crippen LogP contribution in [0.15, 0.2) is 29.8 Å². The van der Waals surface area contributed by atoms with Gasteiger partial charge < -0.3 is 5.73 Å². The maximum absolute atomic E-state index is 6.52. The molecule has 0 saturated heterocycles. The quantitative estimate of drug-likeness (QED) is 0.756. The Balaban J connectivity index is 2.26. The third-order valence-electron chi connectivity index (χ3n) is 4.08. The lowest BCUT2D eigenvalue weighted by atomic mass is 9.87. The molecular weight excluding hydrogens is 218 g/mol. The molecule has 1 nitrogen and oxygen atoms in total. The van der Waals surface area contributed by atoms with E-state index < -0.39 is 0 Å². The van der Waals surface area contributed by atoms with E-state index in [1.165, 1.54) is 60.8 Å². The third kappa shape index (κ3) is 3.02. The first-order valence-corrected chi connectivity index (χ1v) is 7.21. The normalized spacial score (nSPS) is 21.6. The van der Waals surface area contributed by atoms with E-state index in [0.29, 0.717) is 0 Å². The number of nitrogens with two attached hydrogens (primary N) is 1. The summed E-state index contributed by atoms with van der Waals surface area (Å²) < 4.78 is 0. The van der Waals surface area contributed by atoms with Crippen molar-refractivity contribution in [3.05, 3.63) is 46.5 Å². The van der Waals surface area contributed by atoms with Gasteiger partial charge in [-0.3, -0.25) is 0 Å². The largest absolute Gasteiger partial charge is 0.321 e. The standard InChI is InChI=1S/C17H25N/c1-13-9-8-10-14(2)16(13)17(18)15-11-6-4-3-5-7-12-15/h8-11,17H,3-7,12,18H2,1-2H3/b15-11+. The molecular formula is C17H25N. The number of allylic oxidation sites excluding steroid dienone is 1. The molecule has 1 atom stereocenters. The van der Waals surface area contributed by atoms with Crippen molar-refractivity contribution in [3.8, 4) is 0 Å². The summed E-state index contributed by atoms with van der Waals surface area (Å²) in [4.78, 5) is 0. The van der Waals surface area contributed by atoms with Crippen LogP contribution >= 0.6 is 0 Å². The van der Waals surface area contributed by atoms with Crippen LogP contribution in [0.25, 0.3) is 0 Å². The van der Waals surface area contributed by atoms with Crippen molar-refractivity contribution in [2.75, 3.05) is 0 Å². The highest BCUT2D eigenvalue weighted by Crippen LogP contribution is 2.30. The van der Waals surface area contributed by atoms with Crippen LogP contribution in [0.5, 0.6) is 0 Å². The maximum atomic E-state index is 6.52. The van der Waals surface area contributed by atoms with Crippen molar-refractivity contribution in [1.29, 1.82) is 0 Å². The van der Waals surface area contributed by atoms with Gasteiger partial charge in [0, 0.05) is 0 Å². The zero-order chi connectivity index (χ0) is 13.0. The molecule has 2 N–H and O–H groups in total. The van der Waals surface area contributed by atoms with Crippen molar-refractivity contribution in [2.24, 2.45) is 5.73 Å². The summed E-state index contributed by atoms with van der Waals surface area (Å²) in [6.07, 6.45) is 10.1. The summed E-state index contributed by atoms with van der Waals surface area (Å²) in [5, 5.41) is 0. The molecule has 0 bridgehead atoms. The van der Waals surface area contributed by atoms with Gasteiger partial charge in [0.15, 0.2) is 0 Å². The van der Waals surface area contributed by atoms with Crippen LogP contribution in [0.2, 0.25) is 0 Å². The van der Waals surface area contributed by atoms with Crippen molar-refractivity contribution in [1.82, 2.24) is 0 Å². The van der Waals surface area contributed by atoms with E-state index in [-0.39, 0.29) is 6.04 Å². The Morgan fingerprint density at radius 3 is 2.39 bits per heavy atom. The Bertz CT molecular complexity index is 411. The van der Waals surface area contributed by atoms with Crippen LogP contribution in [0.4, 0.5) is 0 Å². The van der Waals surface area contributed by atoms with Gasteiger partial charge in [-0.25, -0.2) is 0 Å². The van der Waals surface area contributed by atoms with Gasteiger partial charge in [0.05, 0.1) is 6.04 Å². The van der Waals surface area contributed by atoms with Gasteiger partial charge in [-0.2, -0.15) is 0 Å². The van der Waals surface area contributed by atoms with Crippen molar-refractivity contribution < 1.29 is 0 Å². The van der Waals surface area contributed by atoms with E-state index in [1.54, 1.807) is 0 Å². The molecule has 0 aliphatic heterocycles. The van der Waals surface area contributed by atoms with Crippen LogP contribution in [0.1, 0.15) is 61.3 Å². The molecule has 0 spiro atoms. The number of rotatable bonds is 2. The molecule has 2 rings (SSSR count). The molecule has 0 heterocycles. The Labute approximate surface area is 111 Å². The van der Waals surface area contributed by atoms with Crippen LogP contribution in [0, 0.1) is 13.8 Å². The highest BCUT2D eigenvalue weighted by Gasteiger charge is 2.16. The second kappa shape index (κ2) is 6.19. The van der Waals surface area contributed by atoms with Gasteiger partial charge in [-0.1, -0.05) is 42.7 Å². The van der Waals surface area contributed by atoms with Gasteiger partial charge in [-0.15, -0.1) is 0 Å². The van der Waals surface area contributed by atoms with Crippen molar-refractivity contribution in [2.45, 2.75) is 58.4 Å². The van der Waals surface area contributed by atoms with E-state index in [9.17, 15) is 0 Å². The van der Waals surface area contributed by atoms with Gasteiger partial charge in [0.1, 0.15) is 0 Å². The molecule has 0 aromatic heterocycles. The average molecular weight is 243 g/mol. The molecule has 1 heteroatoms. The Morgan fingerprint density at radius 1 is 1.00 bits per heavy atom. The maximum Gasteiger partial charge on any atom is 0.0516 e. The topological polar surface area (TPSA) is 26.0 Å². The highest BCUT2D eigenvalue weighted by atomic mass is 14.6. The summed E-state index contributed by atoms with van der Waals surface area (Å²) >= 11 is 0. The molecule has 1 aliphatic rings. The first-order valence-electron chi connectivity index (χ1n) is 7.21. The van der Waals surface area contributed by atoms with Crippen molar-refractivity contribution >= 4 is 0 Å². The highest BCUT2D eigenvalue weighted by molar-refractivity contribution is 5.40. The number of aryl methyl sites for hydroxylation is 2. The van der Waals surface area contributed by atoms with Gasteiger partial charge >= 0.3 is 0 Å². The molecule has 0 radical (unpaired) electrons. The minimum Gasteiger partial charge on any atom is -0.321 e. The molecule has 0 fully saturated rings. The zero-order valence-corrected chi connectivity index (χ0v) is 11.7. The predicted octanol–water partition coefficient (Wildman–Crippen LogP) is 4.58. The van der Waals surface area contributed by atoms with E-state index in [4.69, 9.17) is 5.73 Å². The van der Waals surface area contributed by atoms with Crippen LogP contribution in [0.3, 0.4) is 0 Å². The predicted molar refractivity (Wildman–Crippen MR) is 78.6 cm³/mol. The molecule has 1 aliphatic carbocycles. The Kier molecular flexibility index (Phi) is 4.60. The van der Waals surface area contributed by atoms with E-state index in [1.807, 2.05) is 0 Å². The fourth-order valence-electron chi connectivity index (χ4n) is 3.00. The van der Waals surface area contributed by atoms with E-state index in [2.05, 4.69) is 38.1 Å². The summed E-state index contributed by atoms with van der Waals surface area (Å²) in [5.41, 5.74) is 12.0. The zero-order valence-electron chi connectivity index (χ0n) is 11.7. The fourth-order valence-corrected chi connectivity index (χ4v) is 3.00. The SMILES string of the molecule is Cc1cccc(C)c1C(N)/C1=C/CCCCCC1. The lowest BCUT2D eigenvalue weighted by molar-refractivity contribution is 0.601. The minimum absolute atomic E-state index is 0.101. The lowest BCUT2D eigenvalue weighted by Crippen LogP contribution is -2.16. The Hall–Kier alpha value is -1.08. The fraction of sp³-hybridized carbons (Fsp3) is 0.529. The van der Waals surface area contributed by atoms with Crippen molar-refractivity contribution in [3.63, 3.8) is 0 Å². The van der Waals surface area contributed by atoms with Gasteiger partial charge in [0.25, 0.3) is 0 Å². The van der Waals surface area contributed by atoms with E-state index >= 15 is 0 Å². The summed E-state index contributed by atoms with van der Waals surface area (Å²) in [5.74, 6) is 0. The molecule has 98 valence electrons. The lowest BCUT2D eigenvalue weighted by Gasteiger charge is -2.22. The van der Waals surface area contributed by atoms with Gasteiger partial charge in [-0.05, 0) is 56.2 Å². The third-order valence-corrected chi connectivity index (χ3v) is 4.08. The second-order valence-electron chi connectivity index (χ2n) is 5.52. The monoisotopic (exact) mass is 243 g/mol. The number of hydrogen-bond acceptors (Lipinski definition) is 1. The molecule has 1 unspecified atom stereocenters. The first-order chi connectivity index (χ1) is 8.70. The molecule has 0 amide bonds. The van der Waals surface area contributed by atoms with Crippen LogP contribution in [-0.2, 0) is 0 Å². The number of hydrogen-bond donors (Lipinski definition) is 1. The average Bonchev–Trinajstić information content (AvgIpc) is 2.27. The summed E-state index contributed by atoms with van der Waals surface area (Å²) in [6.45, 7) is 4.34. The Morgan fingerprint density at radius 2 is 1.67 bits per heavy atom. The molecule has 0 saturated carbocycles. The smallest absolute Gasteiger partial charge is 0.0516 e. The van der Waals surface area contributed by atoms with Crippen LogP contribution < -0.4 is 5.73 Å². The minimum atomic E-state index is 0.101. The number of benzene rings is 1. The summed E-state index contributed by atoms with van der Waals surface area (Å²) in [7, 11) is 0.